The summed E-state index contributed by atoms with van der Waals surface area (Å²) in [5.41, 5.74) is 0.631. The maximum absolute atomic E-state index is 11.4. The molecule has 3 N–H and O–H groups in total. The van der Waals surface area contributed by atoms with Crippen LogP contribution in [0.25, 0.3) is 0 Å². The molecule has 4 nitrogen and oxygen atoms in total. The van der Waals surface area contributed by atoms with Gasteiger partial charge in [0.1, 0.15) is 5.78 Å². The molecular formula is C11H18NO3P. The molecule has 0 heterocycles. The van der Waals surface area contributed by atoms with Crippen LogP contribution in [0.1, 0.15) is 31.1 Å². The molecule has 0 fully saturated rings. The second-order valence-corrected chi connectivity index (χ2v) is 5.40. The van der Waals surface area contributed by atoms with Crippen LogP contribution in [-0.2, 0) is 4.57 Å². The van der Waals surface area contributed by atoms with Crippen molar-refractivity contribution >= 4 is 7.60 Å². The predicted molar refractivity (Wildman–Crippen MR) is 64.1 cm³/mol. The summed E-state index contributed by atoms with van der Waals surface area (Å²) < 4.78 is 11.4. The smallest absolute Gasteiger partial charge is 0.323 e. The summed E-state index contributed by atoms with van der Waals surface area (Å²) in [6, 6.07) is 8.83. The summed E-state index contributed by atoms with van der Waals surface area (Å²) in [4.78, 5) is 18.6. The third-order valence-corrected chi connectivity index (χ3v) is 3.47. The SMILES string of the molecule is CCCCN[C@@H](c1ccccc1)P(=O)(O)O. The van der Waals surface area contributed by atoms with Crippen molar-refractivity contribution in [2.75, 3.05) is 6.54 Å². The Balaban J connectivity index is 2.77. The van der Waals surface area contributed by atoms with Crippen LogP contribution in [0.2, 0.25) is 0 Å². The Hall–Kier alpha value is -0.670. The summed E-state index contributed by atoms with van der Waals surface area (Å²) >= 11 is 0. The average Bonchev–Trinajstić information content (AvgIpc) is 2.24. The van der Waals surface area contributed by atoms with Crippen LogP contribution in [0.3, 0.4) is 0 Å². The highest BCUT2D eigenvalue weighted by molar-refractivity contribution is 7.52. The monoisotopic (exact) mass is 243 g/mol. The molecule has 1 aromatic carbocycles. The van der Waals surface area contributed by atoms with E-state index in [1.807, 2.05) is 13.0 Å². The minimum Gasteiger partial charge on any atom is -0.323 e. The Labute approximate surface area is 95.9 Å². The first-order valence-electron chi connectivity index (χ1n) is 5.39. The summed E-state index contributed by atoms with van der Waals surface area (Å²) in [5, 5.41) is 2.91. The zero-order valence-electron chi connectivity index (χ0n) is 9.34. The number of rotatable bonds is 6. The third-order valence-electron chi connectivity index (χ3n) is 2.32. The van der Waals surface area contributed by atoms with E-state index in [4.69, 9.17) is 0 Å². The van der Waals surface area contributed by atoms with E-state index >= 15 is 0 Å². The fourth-order valence-electron chi connectivity index (χ4n) is 1.48. The number of hydrogen-bond acceptors (Lipinski definition) is 2. The van der Waals surface area contributed by atoms with Gasteiger partial charge in [-0.25, -0.2) is 0 Å². The van der Waals surface area contributed by atoms with Crippen LogP contribution in [0, 0.1) is 0 Å². The lowest BCUT2D eigenvalue weighted by molar-refractivity contribution is 0.347. The molecule has 0 amide bonds. The van der Waals surface area contributed by atoms with E-state index in [0.717, 1.165) is 12.8 Å². The first-order chi connectivity index (χ1) is 7.55. The predicted octanol–water partition coefficient (Wildman–Crippen LogP) is 2.25. The standard InChI is InChI=1S/C11H18NO3P/c1-2-3-9-12-11(16(13,14)15)10-7-5-4-6-8-10/h4-8,11-12H,2-3,9H2,1H3,(H2,13,14,15)/t11-/m1/s1. The van der Waals surface area contributed by atoms with Crippen LogP contribution in [-0.4, -0.2) is 16.3 Å². The maximum atomic E-state index is 11.4. The van der Waals surface area contributed by atoms with Crippen LogP contribution < -0.4 is 5.32 Å². The van der Waals surface area contributed by atoms with E-state index in [-0.39, 0.29) is 0 Å². The van der Waals surface area contributed by atoms with Gasteiger partial charge in [-0.1, -0.05) is 43.7 Å². The molecule has 0 aliphatic carbocycles. The molecule has 1 aromatic rings. The van der Waals surface area contributed by atoms with Crippen molar-refractivity contribution in [3.05, 3.63) is 35.9 Å². The van der Waals surface area contributed by atoms with E-state index in [1.54, 1.807) is 24.3 Å². The van der Waals surface area contributed by atoms with E-state index < -0.39 is 13.4 Å². The van der Waals surface area contributed by atoms with Crippen molar-refractivity contribution in [3.8, 4) is 0 Å². The zero-order chi connectivity index (χ0) is 12.0. The highest BCUT2D eigenvalue weighted by Crippen LogP contribution is 2.49. The minimum atomic E-state index is -4.15. The first-order valence-corrected chi connectivity index (χ1v) is 7.07. The lowest BCUT2D eigenvalue weighted by atomic mass is 10.2. The van der Waals surface area contributed by atoms with Crippen LogP contribution in [0.15, 0.2) is 30.3 Å². The molecule has 5 heteroatoms. The highest BCUT2D eigenvalue weighted by atomic mass is 31.2. The molecule has 0 unspecified atom stereocenters. The fraction of sp³-hybridized carbons (Fsp3) is 0.455. The Morgan fingerprint density at radius 3 is 2.44 bits per heavy atom. The van der Waals surface area contributed by atoms with Crippen molar-refractivity contribution in [3.63, 3.8) is 0 Å². The molecular weight excluding hydrogens is 225 g/mol. The van der Waals surface area contributed by atoms with Crippen molar-refractivity contribution < 1.29 is 14.4 Å². The summed E-state index contributed by atoms with van der Waals surface area (Å²) in [7, 11) is -4.15. The van der Waals surface area contributed by atoms with Crippen molar-refractivity contribution in [2.24, 2.45) is 0 Å². The van der Waals surface area contributed by atoms with Crippen LogP contribution >= 0.6 is 7.60 Å². The second-order valence-electron chi connectivity index (χ2n) is 3.71. The zero-order valence-corrected chi connectivity index (χ0v) is 10.2. The molecule has 1 atom stereocenters. The Bertz CT molecular complexity index is 350. The van der Waals surface area contributed by atoms with Gasteiger partial charge >= 0.3 is 7.60 Å². The quantitative estimate of drug-likeness (QED) is 0.529. The molecule has 0 saturated carbocycles. The Morgan fingerprint density at radius 2 is 1.94 bits per heavy atom. The minimum absolute atomic E-state index is 0.612. The molecule has 0 spiro atoms. The van der Waals surface area contributed by atoms with Gasteiger partial charge < -0.3 is 9.79 Å². The third kappa shape index (κ3) is 4.06. The van der Waals surface area contributed by atoms with E-state index in [9.17, 15) is 14.4 Å². The molecule has 0 aromatic heterocycles. The number of unbranched alkanes of at least 4 members (excludes halogenated alkanes) is 1. The average molecular weight is 243 g/mol. The van der Waals surface area contributed by atoms with Crippen LogP contribution in [0.4, 0.5) is 0 Å². The van der Waals surface area contributed by atoms with E-state index in [1.165, 1.54) is 0 Å². The van der Waals surface area contributed by atoms with Gasteiger partial charge in [-0.05, 0) is 18.5 Å². The first kappa shape index (κ1) is 13.4. The molecule has 90 valence electrons. The molecule has 0 aliphatic rings. The molecule has 16 heavy (non-hydrogen) atoms. The van der Waals surface area contributed by atoms with Gasteiger partial charge in [-0.3, -0.25) is 9.88 Å². The number of nitrogens with one attached hydrogen (secondary N) is 1. The number of hydrogen-bond donors (Lipinski definition) is 3. The number of benzene rings is 1. The summed E-state index contributed by atoms with van der Waals surface area (Å²) in [5.74, 6) is -0.889. The summed E-state index contributed by atoms with van der Waals surface area (Å²) in [6.07, 6.45) is 1.90. The topological polar surface area (TPSA) is 69.6 Å². The molecule has 0 aliphatic heterocycles. The van der Waals surface area contributed by atoms with Gasteiger partial charge in [0, 0.05) is 0 Å². The van der Waals surface area contributed by atoms with E-state index in [2.05, 4.69) is 5.32 Å². The van der Waals surface area contributed by atoms with Crippen LogP contribution in [0.5, 0.6) is 0 Å². The lowest BCUT2D eigenvalue weighted by Crippen LogP contribution is -2.22. The Kier molecular flexibility index (Phi) is 5.16. The summed E-state index contributed by atoms with van der Waals surface area (Å²) in [6.45, 7) is 2.65. The molecule has 0 bridgehead atoms. The molecule has 1 rings (SSSR count). The fourth-order valence-corrected chi connectivity index (χ4v) is 2.41. The van der Waals surface area contributed by atoms with Gasteiger partial charge in [-0.2, -0.15) is 0 Å². The lowest BCUT2D eigenvalue weighted by Gasteiger charge is -2.20. The van der Waals surface area contributed by atoms with Gasteiger partial charge in [-0.15, -0.1) is 0 Å². The Morgan fingerprint density at radius 1 is 1.31 bits per heavy atom. The van der Waals surface area contributed by atoms with Crippen molar-refractivity contribution in [1.82, 2.24) is 5.32 Å². The van der Waals surface area contributed by atoms with Gasteiger partial charge in [0.15, 0.2) is 0 Å². The highest BCUT2D eigenvalue weighted by Gasteiger charge is 2.29. The molecule has 0 saturated heterocycles. The molecule has 0 radical (unpaired) electrons. The van der Waals surface area contributed by atoms with E-state index in [0.29, 0.717) is 12.1 Å². The largest absolute Gasteiger partial charge is 0.346 e. The van der Waals surface area contributed by atoms with Gasteiger partial charge in [0.05, 0.1) is 0 Å². The van der Waals surface area contributed by atoms with Crippen molar-refractivity contribution in [2.45, 2.75) is 25.5 Å². The second kappa shape index (κ2) is 6.16. The normalized spacial score (nSPS) is 13.7. The van der Waals surface area contributed by atoms with Gasteiger partial charge in [0.2, 0.25) is 0 Å². The van der Waals surface area contributed by atoms with Crippen molar-refractivity contribution in [1.29, 1.82) is 0 Å². The van der Waals surface area contributed by atoms with Gasteiger partial charge in [0.25, 0.3) is 0 Å². The maximum Gasteiger partial charge on any atom is 0.346 e.